The van der Waals surface area contributed by atoms with Crippen LogP contribution in [0, 0.1) is 0 Å². The number of hydrogen-bond donors (Lipinski definition) is 4. The molecule has 0 aromatic carbocycles. The first-order valence-electron chi connectivity index (χ1n) is 16.5. The molecule has 236 valence electrons. The number of carbonyl (C=O) groups is 1. The zero-order valence-corrected chi connectivity index (χ0v) is 25.5. The number of unbranched alkanes of at least 4 members (excludes halogenated alkanes) is 19. The summed E-state index contributed by atoms with van der Waals surface area (Å²) in [6.45, 7) is 1.79. The molecule has 1 aromatic rings. The molecule has 9 heteroatoms. The molecule has 1 saturated heterocycles. The molecular formula is C32H57N3O6. The molecule has 0 saturated carbocycles. The maximum atomic E-state index is 12.4. The highest BCUT2D eigenvalue weighted by atomic mass is 16.6. The van der Waals surface area contributed by atoms with Gasteiger partial charge in [-0.25, -0.2) is 4.79 Å². The zero-order chi connectivity index (χ0) is 29.7. The van der Waals surface area contributed by atoms with Gasteiger partial charge in [0.15, 0.2) is 6.23 Å². The Morgan fingerprint density at radius 3 is 1.68 bits per heavy atom. The lowest BCUT2D eigenvalue weighted by Gasteiger charge is -2.17. The third-order valence-corrected chi connectivity index (χ3v) is 8.15. The molecule has 4 atom stereocenters. The monoisotopic (exact) mass is 579 g/mol. The minimum absolute atomic E-state index is 0.135. The smallest absolute Gasteiger partial charge is 0.351 e. The summed E-state index contributed by atoms with van der Waals surface area (Å²) in [7, 11) is 0. The van der Waals surface area contributed by atoms with Crippen molar-refractivity contribution >= 4 is 11.7 Å². The van der Waals surface area contributed by atoms with E-state index in [4.69, 9.17) is 4.74 Å². The van der Waals surface area contributed by atoms with E-state index in [1.165, 1.54) is 121 Å². The number of rotatable bonds is 24. The molecule has 1 fully saturated rings. The molecule has 4 N–H and O–H groups in total. The average Bonchev–Trinajstić information content (AvgIpc) is 3.25. The van der Waals surface area contributed by atoms with Gasteiger partial charge in [-0.2, -0.15) is 4.98 Å². The molecule has 0 radical (unpaired) electrons. The molecule has 0 unspecified atom stereocenters. The maximum absolute atomic E-state index is 12.4. The summed E-state index contributed by atoms with van der Waals surface area (Å²) < 4.78 is 6.40. The first kappa shape index (κ1) is 35.4. The second kappa shape index (κ2) is 21.8. The highest BCUT2D eigenvalue weighted by molar-refractivity contribution is 5.89. The van der Waals surface area contributed by atoms with Crippen LogP contribution >= 0.6 is 0 Å². The molecule has 2 rings (SSSR count). The van der Waals surface area contributed by atoms with E-state index in [-0.39, 0.29) is 11.7 Å². The van der Waals surface area contributed by atoms with Crippen molar-refractivity contribution in [2.45, 2.75) is 166 Å². The van der Waals surface area contributed by atoms with Crippen molar-refractivity contribution in [1.82, 2.24) is 9.55 Å². The van der Waals surface area contributed by atoms with Crippen LogP contribution in [0.2, 0.25) is 0 Å². The number of nitrogens with zero attached hydrogens (tertiary/aromatic N) is 2. The van der Waals surface area contributed by atoms with Crippen molar-refractivity contribution in [3.8, 4) is 0 Å². The Kier molecular flexibility index (Phi) is 18.8. The van der Waals surface area contributed by atoms with Gasteiger partial charge in [-0.3, -0.25) is 9.36 Å². The Labute approximate surface area is 247 Å². The number of aromatic nitrogens is 2. The quantitative estimate of drug-likeness (QED) is 0.110. The minimum atomic E-state index is -1.37. The highest BCUT2D eigenvalue weighted by Crippen LogP contribution is 2.28. The van der Waals surface area contributed by atoms with E-state index in [1.807, 2.05) is 0 Å². The first-order chi connectivity index (χ1) is 20.0. The Bertz CT molecular complexity index is 879. The fourth-order valence-corrected chi connectivity index (χ4v) is 5.53. The van der Waals surface area contributed by atoms with Gasteiger partial charge in [-0.1, -0.05) is 129 Å². The largest absolute Gasteiger partial charge is 0.394 e. The lowest BCUT2D eigenvalue weighted by molar-refractivity contribution is -0.116. The summed E-state index contributed by atoms with van der Waals surface area (Å²) in [5.41, 5.74) is -0.726. The van der Waals surface area contributed by atoms with Crippen LogP contribution < -0.4 is 11.0 Å². The van der Waals surface area contributed by atoms with Crippen LogP contribution in [-0.4, -0.2) is 55.7 Å². The number of amides is 1. The lowest BCUT2D eigenvalue weighted by atomic mass is 10.0. The van der Waals surface area contributed by atoms with Crippen molar-refractivity contribution in [2.24, 2.45) is 0 Å². The van der Waals surface area contributed by atoms with Gasteiger partial charge in [0.1, 0.15) is 24.1 Å². The van der Waals surface area contributed by atoms with Crippen molar-refractivity contribution in [1.29, 1.82) is 0 Å². The molecule has 1 amide bonds. The van der Waals surface area contributed by atoms with Crippen molar-refractivity contribution in [2.75, 3.05) is 11.9 Å². The van der Waals surface area contributed by atoms with Crippen LogP contribution in [0.25, 0.3) is 0 Å². The van der Waals surface area contributed by atoms with Crippen molar-refractivity contribution < 1.29 is 24.9 Å². The van der Waals surface area contributed by atoms with E-state index in [1.54, 1.807) is 0 Å². The molecule has 1 aliphatic rings. The van der Waals surface area contributed by atoms with Gasteiger partial charge in [0.25, 0.3) is 0 Å². The van der Waals surface area contributed by atoms with Gasteiger partial charge in [0.05, 0.1) is 6.61 Å². The molecular weight excluding hydrogens is 522 g/mol. The first-order valence-corrected chi connectivity index (χ1v) is 16.5. The van der Waals surface area contributed by atoms with Gasteiger partial charge < -0.3 is 25.4 Å². The summed E-state index contributed by atoms with van der Waals surface area (Å²) in [5, 5.41) is 31.8. The third-order valence-electron chi connectivity index (χ3n) is 8.15. The number of aliphatic hydroxyl groups excluding tert-OH is 3. The highest BCUT2D eigenvalue weighted by Gasteiger charge is 2.43. The number of aliphatic hydroxyl groups is 3. The van der Waals surface area contributed by atoms with Crippen LogP contribution in [0.3, 0.4) is 0 Å². The SMILES string of the molecule is CCCCCCCCCCCCCCCCCCCCCCC(=O)Nc1ccn([C@@H]2O[C@H](CO)[C@@H](O)[C@@H]2O)c(=O)n1. The van der Waals surface area contributed by atoms with Crippen LogP contribution in [0.15, 0.2) is 17.1 Å². The minimum Gasteiger partial charge on any atom is -0.394 e. The summed E-state index contributed by atoms with van der Waals surface area (Å²) >= 11 is 0. The van der Waals surface area contributed by atoms with Crippen molar-refractivity contribution in [3.05, 3.63) is 22.7 Å². The Morgan fingerprint density at radius 1 is 0.805 bits per heavy atom. The Hall–Kier alpha value is -1.81. The van der Waals surface area contributed by atoms with Gasteiger partial charge in [-0.15, -0.1) is 0 Å². The molecule has 0 bridgehead atoms. The topological polar surface area (TPSA) is 134 Å². The summed E-state index contributed by atoms with van der Waals surface area (Å²) in [4.78, 5) is 28.5. The number of hydrogen-bond acceptors (Lipinski definition) is 7. The zero-order valence-electron chi connectivity index (χ0n) is 25.5. The normalized spacial score (nSPS) is 20.5. The number of carbonyl (C=O) groups excluding carboxylic acids is 1. The third kappa shape index (κ3) is 14.3. The second-order valence-corrected chi connectivity index (χ2v) is 11.7. The van der Waals surface area contributed by atoms with Gasteiger partial charge in [0.2, 0.25) is 5.91 Å². The lowest BCUT2D eigenvalue weighted by Crippen LogP contribution is -2.36. The molecule has 1 aliphatic heterocycles. The van der Waals surface area contributed by atoms with E-state index in [9.17, 15) is 24.9 Å². The number of ether oxygens (including phenoxy) is 1. The van der Waals surface area contributed by atoms with Crippen molar-refractivity contribution in [3.63, 3.8) is 0 Å². The Morgan fingerprint density at radius 2 is 1.27 bits per heavy atom. The Balaban J connectivity index is 1.41. The van der Waals surface area contributed by atoms with E-state index >= 15 is 0 Å². The van der Waals surface area contributed by atoms with Crippen LogP contribution in [0.5, 0.6) is 0 Å². The van der Waals surface area contributed by atoms with E-state index in [0.29, 0.717) is 6.42 Å². The molecule has 2 heterocycles. The van der Waals surface area contributed by atoms with Crippen LogP contribution in [0.1, 0.15) is 148 Å². The van der Waals surface area contributed by atoms with Gasteiger partial charge >= 0.3 is 5.69 Å². The molecule has 0 aliphatic carbocycles. The number of nitrogens with one attached hydrogen (secondary N) is 1. The predicted molar refractivity (Wildman–Crippen MR) is 163 cm³/mol. The fourth-order valence-electron chi connectivity index (χ4n) is 5.53. The van der Waals surface area contributed by atoms with Crippen LogP contribution in [-0.2, 0) is 9.53 Å². The van der Waals surface area contributed by atoms with Crippen LogP contribution in [0.4, 0.5) is 5.82 Å². The summed E-state index contributed by atoms with van der Waals surface area (Å²) in [5.74, 6) is -0.0545. The predicted octanol–water partition coefficient (Wildman–Crippen LogP) is 6.01. The standard InChI is InChI=1S/C32H57N3O6/c1-2-3-4-5-6-7-8-9-10-11-12-13-14-15-16-17-18-19-20-21-22-28(37)33-27-23-24-35(32(40)34-27)31-30(39)29(38)26(25-36)41-31/h23-24,26,29-31,36,38-39H,2-22,25H2,1H3,(H,33,34,37,40)/t26-,29-,30+,31-/m1/s1. The fraction of sp³-hybridized carbons (Fsp3) is 0.844. The van der Waals surface area contributed by atoms with Gasteiger partial charge in [0, 0.05) is 12.6 Å². The molecule has 1 aromatic heterocycles. The summed E-state index contributed by atoms with van der Waals surface area (Å²) in [6, 6.07) is 1.45. The molecule has 0 spiro atoms. The maximum Gasteiger partial charge on any atom is 0.351 e. The van der Waals surface area contributed by atoms with E-state index in [0.717, 1.165) is 23.8 Å². The van der Waals surface area contributed by atoms with Gasteiger partial charge in [-0.05, 0) is 12.5 Å². The van der Waals surface area contributed by atoms with E-state index < -0.39 is 36.8 Å². The molecule has 41 heavy (non-hydrogen) atoms. The average molecular weight is 580 g/mol. The molecule has 9 nitrogen and oxygen atoms in total. The second-order valence-electron chi connectivity index (χ2n) is 11.7. The summed E-state index contributed by atoms with van der Waals surface area (Å²) in [6.07, 6.45) is 23.2. The number of anilines is 1. The van der Waals surface area contributed by atoms with E-state index in [2.05, 4.69) is 17.2 Å².